The highest BCUT2D eigenvalue weighted by molar-refractivity contribution is 7.89. The van der Waals surface area contributed by atoms with Gasteiger partial charge in [-0.25, -0.2) is 12.7 Å². The van der Waals surface area contributed by atoms with E-state index in [2.05, 4.69) is 0 Å². The van der Waals surface area contributed by atoms with Crippen molar-refractivity contribution in [3.05, 3.63) is 18.0 Å². The third-order valence-corrected chi connectivity index (χ3v) is 7.16. The fourth-order valence-corrected chi connectivity index (χ4v) is 5.45. The van der Waals surface area contributed by atoms with Crippen molar-refractivity contribution in [2.75, 3.05) is 13.6 Å². The molecule has 1 aromatic heterocycles. The highest BCUT2D eigenvalue weighted by Crippen LogP contribution is 2.48. The van der Waals surface area contributed by atoms with Gasteiger partial charge in [0.25, 0.3) is 0 Å². The Balaban J connectivity index is 1.74. The Bertz CT molecular complexity index is 623. The quantitative estimate of drug-likeness (QED) is 0.897. The van der Waals surface area contributed by atoms with Gasteiger partial charge in [0.05, 0.1) is 0 Å². The Hall–Kier alpha value is -0.850. The average molecular weight is 311 g/mol. The number of rotatable bonds is 5. The van der Waals surface area contributed by atoms with Crippen LogP contribution in [0.5, 0.6) is 0 Å². The van der Waals surface area contributed by atoms with Gasteiger partial charge >= 0.3 is 0 Å². The Morgan fingerprint density at radius 2 is 2.14 bits per heavy atom. The third kappa shape index (κ3) is 2.64. The normalized spacial score (nSPS) is 28.7. The summed E-state index contributed by atoms with van der Waals surface area (Å²) in [6, 6.07) is 1.69. The second-order valence-corrected chi connectivity index (χ2v) is 8.75. The fourth-order valence-electron chi connectivity index (χ4n) is 4.13. The monoisotopic (exact) mass is 311 g/mol. The van der Waals surface area contributed by atoms with Crippen molar-refractivity contribution in [3.63, 3.8) is 0 Å². The molecule has 3 rings (SSSR count). The predicted molar refractivity (Wildman–Crippen MR) is 82.1 cm³/mol. The Labute approximate surface area is 127 Å². The van der Waals surface area contributed by atoms with E-state index in [-0.39, 0.29) is 0 Å². The molecule has 2 saturated carbocycles. The van der Waals surface area contributed by atoms with E-state index >= 15 is 0 Å². The Kier molecular flexibility index (Phi) is 3.88. The summed E-state index contributed by atoms with van der Waals surface area (Å²) in [6.07, 6.45) is 6.80. The molecule has 3 unspecified atom stereocenters. The summed E-state index contributed by atoms with van der Waals surface area (Å²) in [5.74, 6) is 2.13. The molecule has 1 heterocycles. The summed E-state index contributed by atoms with van der Waals surface area (Å²) >= 11 is 0. The Morgan fingerprint density at radius 3 is 2.67 bits per heavy atom. The minimum absolute atomic E-state index is 0.349. The van der Waals surface area contributed by atoms with Crippen molar-refractivity contribution in [1.29, 1.82) is 0 Å². The van der Waals surface area contributed by atoms with E-state index in [0.717, 1.165) is 17.5 Å². The molecule has 0 spiro atoms. The molecule has 0 saturated heterocycles. The molecule has 5 nitrogen and oxygen atoms in total. The number of sulfonamides is 1. The van der Waals surface area contributed by atoms with Gasteiger partial charge in [-0.1, -0.05) is 6.42 Å². The summed E-state index contributed by atoms with van der Waals surface area (Å²) in [6.45, 7) is 0.998. The first-order valence-corrected chi connectivity index (χ1v) is 9.17. The zero-order chi connectivity index (χ0) is 15.2. The van der Waals surface area contributed by atoms with Crippen molar-refractivity contribution >= 4 is 10.0 Å². The minimum atomic E-state index is -3.40. The van der Waals surface area contributed by atoms with Crippen molar-refractivity contribution in [2.45, 2.75) is 37.1 Å². The van der Waals surface area contributed by atoms with Crippen LogP contribution in [0.15, 0.2) is 17.2 Å². The topological polar surface area (TPSA) is 68.3 Å². The largest absolute Gasteiger partial charge is 0.352 e. The number of aryl methyl sites for hydroxylation is 1. The summed E-state index contributed by atoms with van der Waals surface area (Å²) in [7, 11) is 0.137. The molecule has 0 amide bonds. The lowest BCUT2D eigenvalue weighted by atomic mass is 9.89. The Morgan fingerprint density at radius 1 is 1.38 bits per heavy atom. The molecule has 2 fully saturated rings. The van der Waals surface area contributed by atoms with Gasteiger partial charge in [0.1, 0.15) is 4.90 Å². The molecule has 118 valence electrons. The standard InChI is InChI=1S/C15H25N3O2S/c1-17-10-15(7-14(17)8-16)21(19,20)18(2)9-13-6-11-3-4-12(13)5-11/h7,10-13H,3-6,8-9,16H2,1-2H3. The zero-order valence-corrected chi connectivity index (χ0v) is 13.6. The van der Waals surface area contributed by atoms with Gasteiger partial charge in [-0.05, 0) is 43.1 Å². The van der Waals surface area contributed by atoms with E-state index in [1.165, 1.54) is 30.0 Å². The molecule has 2 bridgehead atoms. The molecule has 2 aliphatic carbocycles. The number of nitrogens with two attached hydrogens (primary N) is 1. The minimum Gasteiger partial charge on any atom is -0.352 e. The maximum atomic E-state index is 12.7. The lowest BCUT2D eigenvalue weighted by Crippen LogP contribution is -2.33. The molecular weight excluding hydrogens is 286 g/mol. The first kappa shape index (κ1) is 15.1. The maximum Gasteiger partial charge on any atom is 0.244 e. The van der Waals surface area contributed by atoms with E-state index in [0.29, 0.717) is 23.9 Å². The van der Waals surface area contributed by atoms with E-state index < -0.39 is 10.0 Å². The van der Waals surface area contributed by atoms with Crippen LogP contribution in [0.2, 0.25) is 0 Å². The van der Waals surface area contributed by atoms with E-state index in [1.807, 2.05) is 7.05 Å². The lowest BCUT2D eigenvalue weighted by molar-refractivity contribution is 0.280. The average Bonchev–Trinajstić information content (AvgIpc) is 3.13. The van der Waals surface area contributed by atoms with Crippen LogP contribution in [0.3, 0.4) is 0 Å². The van der Waals surface area contributed by atoms with Crippen LogP contribution in [0.1, 0.15) is 31.4 Å². The van der Waals surface area contributed by atoms with Gasteiger partial charge in [0, 0.05) is 39.1 Å². The van der Waals surface area contributed by atoms with Gasteiger partial charge in [-0.2, -0.15) is 0 Å². The van der Waals surface area contributed by atoms with Gasteiger partial charge in [0.15, 0.2) is 0 Å². The first-order valence-electron chi connectivity index (χ1n) is 7.73. The molecule has 0 aliphatic heterocycles. The number of aromatic nitrogens is 1. The number of fused-ring (bicyclic) bond motifs is 2. The van der Waals surface area contributed by atoms with E-state index in [9.17, 15) is 8.42 Å². The SMILES string of the molecule is CN(CC1CC2CCC1C2)S(=O)(=O)c1cc(CN)n(C)c1. The van der Waals surface area contributed by atoms with Crippen LogP contribution in [-0.4, -0.2) is 30.9 Å². The van der Waals surface area contributed by atoms with Crippen LogP contribution < -0.4 is 5.73 Å². The molecule has 0 aromatic carbocycles. The van der Waals surface area contributed by atoms with Crippen molar-refractivity contribution in [2.24, 2.45) is 30.5 Å². The van der Waals surface area contributed by atoms with Gasteiger partial charge in [0.2, 0.25) is 10.0 Å². The van der Waals surface area contributed by atoms with Gasteiger partial charge in [-0.3, -0.25) is 0 Å². The van der Waals surface area contributed by atoms with Gasteiger partial charge in [-0.15, -0.1) is 0 Å². The summed E-state index contributed by atoms with van der Waals surface area (Å²) in [4.78, 5) is 0.358. The fraction of sp³-hybridized carbons (Fsp3) is 0.733. The highest BCUT2D eigenvalue weighted by Gasteiger charge is 2.41. The summed E-state index contributed by atoms with van der Waals surface area (Å²) < 4.78 is 28.7. The van der Waals surface area contributed by atoms with Crippen LogP contribution in [-0.2, 0) is 23.6 Å². The second kappa shape index (κ2) is 5.41. The van der Waals surface area contributed by atoms with Crippen molar-refractivity contribution in [1.82, 2.24) is 8.87 Å². The molecule has 6 heteroatoms. The summed E-state index contributed by atoms with van der Waals surface area (Å²) in [5.41, 5.74) is 6.46. The van der Waals surface area contributed by atoms with Crippen LogP contribution in [0.4, 0.5) is 0 Å². The number of hydrogen-bond donors (Lipinski definition) is 1. The zero-order valence-electron chi connectivity index (χ0n) is 12.8. The first-order chi connectivity index (χ1) is 9.91. The molecular formula is C15H25N3O2S. The van der Waals surface area contributed by atoms with Gasteiger partial charge < -0.3 is 10.3 Å². The molecule has 1 aromatic rings. The molecule has 2 N–H and O–H groups in total. The third-order valence-electron chi connectivity index (χ3n) is 5.38. The predicted octanol–water partition coefficient (Wildman–Crippen LogP) is 1.54. The molecule has 0 radical (unpaired) electrons. The summed E-state index contributed by atoms with van der Waals surface area (Å²) in [5, 5.41) is 0. The number of nitrogens with zero attached hydrogens (tertiary/aromatic N) is 2. The smallest absolute Gasteiger partial charge is 0.244 e. The van der Waals surface area contributed by atoms with E-state index in [1.54, 1.807) is 23.9 Å². The maximum absolute atomic E-state index is 12.7. The second-order valence-electron chi connectivity index (χ2n) is 6.70. The molecule has 2 aliphatic rings. The van der Waals surface area contributed by atoms with Crippen LogP contribution in [0.25, 0.3) is 0 Å². The van der Waals surface area contributed by atoms with E-state index in [4.69, 9.17) is 5.73 Å². The molecule has 3 atom stereocenters. The van der Waals surface area contributed by atoms with Crippen LogP contribution in [0, 0.1) is 17.8 Å². The van der Waals surface area contributed by atoms with Crippen LogP contribution >= 0.6 is 0 Å². The van der Waals surface area contributed by atoms with Crippen molar-refractivity contribution < 1.29 is 8.42 Å². The molecule has 21 heavy (non-hydrogen) atoms. The van der Waals surface area contributed by atoms with Crippen molar-refractivity contribution in [3.8, 4) is 0 Å². The highest BCUT2D eigenvalue weighted by atomic mass is 32.2. The number of hydrogen-bond acceptors (Lipinski definition) is 3. The lowest BCUT2D eigenvalue weighted by Gasteiger charge is -2.26.